The van der Waals surface area contributed by atoms with E-state index in [0.29, 0.717) is 6.54 Å². The van der Waals surface area contributed by atoms with Crippen LogP contribution in [-0.2, 0) is 6.54 Å². The topological polar surface area (TPSA) is 38.0 Å². The largest absolute Gasteiger partial charge is 0.394 e. The maximum Gasteiger partial charge on any atom is 0.0640 e. The Hall–Kier alpha value is -0.830. The van der Waals surface area contributed by atoms with Crippen LogP contribution in [-0.4, -0.2) is 21.5 Å². The number of hydrogen-bond acceptors (Lipinski definition) is 2. The smallest absolute Gasteiger partial charge is 0.0640 e. The van der Waals surface area contributed by atoms with Crippen LogP contribution >= 0.6 is 0 Å². The van der Waals surface area contributed by atoms with Gasteiger partial charge >= 0.3 is 0 Å². The summed E-state index contributed by atoms with van der Waals surface area (Å²) in [6, 6.07) is 1.91. The first-order chi connectivity index (χ1) is 4.33. The summed E-state index contributed by atoms with van der Waals surface area (Å²) in [5, 5.41) is 12.5. The molecule has 1 aromatic rings. The minimum Gasteiger partial charge on any atom is -0.394 e. The highest BCUT2D eigenvalue weighted by molar-refractivity contribution is 4.94. The number of aromatic nitrogens is 2. The van der Waals surface area contributed by atoms with Gasteiger partial charge in [0, 0.05) is 6.20 Å². The molecular formula is C6H10N2O. The van der Waals surface area contributed by atoms with E-state index < -0.39 is 0 Å². The monoisotopic (exact) mass is 126 g/mol. The van der Waals surface area contributed by atoms with E-state index in [2.05, 4.69) is 5.10 Å². The van der Waals surface area contributed by atoms with Crippen LogP contribution in [0.5, 0.6) is 0 Å². The van der Waals surface area contributed by atoms with Crippen LogP contribution in [0.2, 0.25) is 0 Å². The van der Waals surface area contributed by atoms with E-state index in [0.717, 1.165) is 5.69 Å². The van der Waals surface area contributed by atoms with Gasteiger partial charge in [0.1, 0.15) is 0 Å². The normalized spacial score (nSPS) is 10.0. The van der Waals surface area contributed by atoms with Crippen LogP contribution in [0.15, 0.2) is 12.3 Å². The third-order valence-electron chi connectivity index (χ3n) is 1.10. The first-order valence-corrected chi connectivity index (χ1v) is 2.94. The SMILES string of the molecule is Cc1ccn(CCO)n1. The first-order valence-electron chi connectivity index (χ1n) is 2.94. The lowest BCUT2D eigenvalue weighted by Crippen LogP contribution is -2.01. The van der Waals surface area contributed by atoms with Crippen molar-refractivity contribution in [3.8, 4) is 0 Å². The summed E-state index contributed by atoms with van der Waals surface area (Å²) < 4.78 is 1.72. The molecule has 0 atom stereocenters. The van der Waals surface area contributed by atoms with E-state index in [1.807, 2.05) is 19.2 Å². The van der Waals surface area contributed by atoms with Crippen molar-refractivity contribution in [2.45, 2.75) is 13.5 Å². The van der Waals surface area contributed by atoms with Gasteiger partial charge in [-0.15, -0.1) is 0 Å². The lowest BCUT2D eigenvalue weighted by molar-refractivity contribution is 0.269. The van der Waals surface area contributed by atoms with Gasteiger partial charge in [0.2, 0.25) is 0 Å². The molecule has 1 aromatic heterocycles. The van der Waals surface area contributed by atoms with Crippen molar-refractivity contribution in [2.24, 2.45) is 0 Å². The molecule has 0 aliphatic heterocycles. The van der Waals surface area contributed by atoms with Gasteiger partial charge in [-0.05, 0) is 13.0 Å². The molecule has 0 fully saturated rings. The van der Waals surface area contributed by atoms with Gasteiger partial charge in [-0.25, -0.2) is 0 Å². The molecule has 0 unspecified atom stereocenters. The van der Waals surface area contributed by atoms with Crippen molar-refractivity contribution < 1.29 is 5.11 Å². The molecule has 0 aromatic carbocycles. The standard InChI is InChI=1S/C6H10N2O/c1-6-2-3-8(7-6)4-5-9/h2-3,9H,4-5H2,1H3. The number of aliphatic hydroxyl groups is 1. The third-order valence-corrected chi connectivity index (χ3v) is 1.10. The Bertz CT molecular complexity index is 183. The minimum absolute atomic E-state index is 0.154. The first kappa shape index (κ1) is 6.29. The van der Waals surface area contributed by atoms with Crippen LogP contribution in [0.1, 0.15) is 5.69 Å². The fourth-order valence-electron chi connectivity index (χ4n) is 0.690. The summed E-state index contributed by atoms with van der Waals surface area (Å²) in [6.45, 7) is 2.67. The molecule has 0 amide bonds. The molecule has 3 nitrogen and oxygen atoms in total. The summed E-state index contributed by atoms with van der Waals surface area (Å²) in [4.78, 5) is 0. The quantitative estimate of drug-likeness (QED) is 0.614. The second-order valence-electron chi connectivity index (χ2n) is 1.94. The Kier molecular flexibility index (Phi) is 1.85. The number of aryl methyl sites for hydroxylation is 1. The van der Waals surface area contributed by atoms with Crippen molar-refractivity contribution in [1.82, 2.24) is 9.78 Å². The molecule has 3 heteroatoms. The van der Waals surface area contributed by atoms with Crippen molar-refractivity contribution in [2.75, 3.05) is 6.61 Å². The van der Waals surface area contributed by atoms with Gasteiger partial charge in [0.15, 0.2) is 0 Å². The van der Waals surface area contributed by atoms with Crippen LogP contribution < -0.4 is 0 Å². The molecule has 1 heterocycles. The maximum absolute atomic E-state index is 8.47. The number of nitrogens with zero attached hydrogens (tertiary/aromatic N) is 2. The molecule has 50 valence electrons. The molecule has 0 aliphatic carbocycles. The lowest BCUT2D eigenvalue weighted by atomic mass is 10.5. The van der Waals surface area contributed by atoms with E-state index in [9.17, 15) is 0 Å². The van der Waals surface area contributed by atoms with Crippen molar-refractivity contribution >= 4 is 0 Å². The molecule has 0 radical (unpaired) electrons. The molecule has 9 heavy (non-hydrogen) atoms. The van der Waals surface area contributed by atoms with E-state index in [1.54, 1.807) is 4.68 Å². The lowest BCUT2D eigenvalue weighted by Gasteiger charge is -1.93. The molecule has 0 aliphatic rings. The Morgan fingerprint density at radius 1 is 1.78 bits per heavy atom. The summed E-state index contributed by atoms with van der Waals surface area (Å²) in [6.07, 6.45) is 1.85. The van der Waals surface area contributed by atoms with E-state index in [-0.39, 0.29) is 6.61 Å². The van der Waals surface area contributed by atoms with Gasteiger partial charge < -0.3 is 5.11 Å². The van der Waals surface area contributed by atoms with Crippen molar-refractivity contribution in [1.29, 1.82) is 0 Å². The van der Waals surface area contributed by atoms with Gasteiger partial charge in [0.25, 0.3) is 0 Å². The molecule has 0 bridgehead atoms. The zero-order chi connectivity index (χ0) is 6.69. The van der Waals surface area contributed by atoms with Crippen LogP contribution in [0.25, 0.3) is 0 Å². The molecule has 1 rings (SSSR count). The Balaban J connectivity index is 2.61. The summed E-state index contributed by atoms with van der Waals surface area (Å²) in [7, 11) is 0. The van der Waals surface area contributed by atoms with Crippen molar-refractivity contribution in [3.05, 3.63) is 18.0 Å². The maximum atomic E-state index is 8.47. The van der Waals surface area contributed by atoms with Crippen LogP contribution in [0.4, 0.5) is 0 Å². The van der Waals surface area contributed by atoms with Gasteiger partial charge in [0.05, 0.1) is 18.8 Å². The molecule has 0 spiro atoms. The molecule has 0 saturated carbocycles. The highest BCUT2D eigenvalue weighted by atomic mass is 16.3. The Morgan fingerprint density at radius 2 is 2.56 bits per heavy atom. The molecular weight excluding hydrogens is 116 g/mol. The highest BCUT2D eigenvalue weighted by Gasteiger charge is 1.89. The van der Waals surface area contributed by atoms with Crippen molar-refractivity contribution in [3.63, 3.8) is 0 Å². The fourth-order valence-corrected chi connectivity index (χ4v) is 0.690. The second kappa shape index (κ2) is 2.64. The van der Waals surface area contributed by atoms with Gasteiger partial charge in [-0.1, -0.05) is 0 Å². The molecule has 0 saturated heterocycles. The third kappa shape index (κ3) is 1.54. The van der Waals surface area contributed by atoms with E-state index >= 15 is 0 Å². The minimum atomic E-state index is 0.154. The van der Waals surface area contributed by atoms with Gasteiger partial charge in [-0.3, -0.25) is 4.68 Å². The van der Waals surface area contributed by atoms with E-state index in [4.69, 9.17) is 5.11 Å². The van der Waals surface area contributed by atoms with Gasteiger partial charge in [-0.2, -0.15) is 5.10 Å². The van der Waals surface area contributed by atoms with E-state index in [1.165, 1.54) is 0 Å². The number of hydrogen-bond donors (Lipinski definition) is 1. The average molecular weight is 126 g/mol. The zero-order valence-electron chi connectivity index (χ0n) is 5.41. The van der Waals surface area contributed by atoms with Crippen LogP contribution in [0.3, 0.4) is 0 Å². The summed E-state index contributed by atoms with van der Waals surface area (Å²) in [5.74, 6) is 0. The van der Waals surface area contributed by atoms with Crippen LogP contribution in [0, 0.1) is 6.92 Å². The predicted octanol–water partition coefficient (Wildman–Crippen LogP) is 0.184. The highest BCUT2D eigenvalue weighted by Crippen LogP contribution is 1.90. The zero-order valence-corrected chi connectivity index (χ0v) is 5.41. The number of rotatable bonds is 2. The Morgan fingerprint density at radius 3 is 3.00 bits per heavy atom. The summed E-state index contributed by atoms with van der Waals surface area (Å²) >= 11 is 0. The molecule has 1 N–H and O–H groups in total. The fraction of sp³-hybridized carbons (Fsp3) is 0.500. The summed E-state index contributed by atoms with van der Waals surface area (Å²) in [5.41, 5.74) is 0.989. The predicted molar refractivity (Wildman–Crippen MR) is 34.0 cm³/mol. The average Bonchev–Trinajstić information content (AvgIpc) is 2.17. The Labute approximate surface area is 53.9 Å². The second-order valence-corrected chi connectivity index (χ2v) is 1.94. The number of aliphatic hydroxyl groups excluding tert-OH is 1.